The van der Waals surface area contributed by atoms with E-state index >= 15 is 0 Å². The molecule has 1 saturated carbocycles. The Morgan fingerprint density at radius 3 is 2.70 bits per heavy atom. The van der Waals surface area contributed by atoms with Gasteiger partial charge in [-0.3, -0.25) is 9.69 Å². The molecular weight excluding hydrogens is 276 g/mol. The second-order valence-electron chi connectivity index (χ2n) is 5.12. The van der Waals surface area contributed by atoms with E-state index in [2.05, 4.69) is 10.2 Å². The van der Waals surface area contributed by atoms with Gasteiger partial charge in [0.25, 0.3) is 0 Å². The number of nitrogens with zero attached hydrogens (tertiary/aromatic N) is 1. The molecule has 1 aliphatic rings. The summed E-state index contributed by atoms with van der Waals surface area (Å²) in [6, 6.07) is 7.75. The summed E-state index contributed by atoms with van der Waals surface area (Å²) >= 11 is 6.00. The van der Waals surface area contributed by atoms with Crippen molar-refractivity contribution >= 4 is 23.2 Å². The molecule has 2 rings (SSSR count). The first kappa shape index (κ1) is 15.3. The normalized spacial score (nSPS) is 15.2. The number of halogens is 1. The number of para-hydroxylation sites is 1. The van der Waals surface area contributed by atoms with Gasteiger partial charge in [0.15, 0.2) is 0 Å². The van der Waals surface area contributed by atoms with Crippen molar-refractivity contribution in [3.05, 3.63) is 29.3 Å². The van der Waals surface area contributed by atoms with Crippen molar-refractivity contribution in [3.8, 4) is 0 Å². The number of benzene rings is 1. The third kappa shape index (κ3) is 4.20. The number of rotatable bonds is 7. The van der Waals surface area contributed by atoms with Crippen molar-refractivity contribution in [2.45, 2.75) is 31.7 Å². The van der Waals surface area contributed by atoms with Crippen LogP contribution in [0, 0.1) is 0 Å². The summed E-state index contributed by atoms with van der Waals surface area (Å²) in [7, 11) is 0. The van der Waals surface area contributed by atoms with Crippen LogP contribution in [0.4, 0.5) is 5.69 Å². The molecule has 110 valence electrons. The second-order valence-corrected chi connectivity index (χ2v) is 5.53. The summed E-state index contributed by atoms with van der Waals surface area (Å²) in [6.07, 6.45) is 4.01. The van der Waals surface area contributed by atoms with Crippen LogP contribution in [-0.4, -0.2) is 41.7 Å². The number of hydrogen-bond acceptors (Lipinski definition) is 3. The molecule has 0 saturated heterocycles. The van der Waals surface area contributed by atoms with Crippen LogP contribution in [0.25, 0.3) is 0 Å². The highest BCUT2D eigenvalue weighted by atomic mass is 35.5. The van der Waals surface area contributed by atoms with Crippen LogP contribution >= 0.6 is 11.6 Å². The Kier molecular flexibility index (Phi) is 5.83. The first-order valence-electron chi connectivity index (χ1n) is 7.10. The van der Waals surface area contributed by atoms with Gasteiger partial charge in [-0.05, 0) is 25.0 Å². The van der Waals surface area contributed by atoms with Gasteiger partial charge in [0.2, 0.25) is 5.91 Å². The maximum Gasteiger partial charge on any atom is 0.225 e. The number of anilines is 1. The second kappa shape index (κ2) is 7.62. The van der Waals surface area contributed by atoms with Gasteiger partial charge in [-0.2, -0.15) is 0 Å². The summed E-state index contributed by atoms with van der Waals surface area (Å²) in [5, 5.41) is 12.5. The Morgan fingerprint density at radius 2 is 2.10 bits per heavy atom. The molecule has 2 N–H and O–H groups in total. The lowest BCUT2D eigenvalue weighted by Crippen LogP contribution is -2.43. The molecule has 0 aliphatic heterocycles. The number of aliphatic hydroxyl groups excluding tert-OH is 1. The minimum Gasteiger partial charge on any atom is -0.395 e. The summed E-state index contributed by atoms with van der Waals surface area (Å²) in [5.41, 5.74) is 0.650. The molecule has 20 heavy (non-hydrogen) atoms. The smallest absolute Gasteiger partial charge is 0.225 e. The lowest BCUT2D eigenvalue weighted by Gasteiger charge is -2.37. The first-order chi connectivity index (χ1) is 9.70. The highest BCUT2D eigenvalue weighted by Gasteiger charge is 2.24. The van der Waals surface area contributed by atoms with Gasteiger partial charge >= 0.3 is 0 Å². The Bertz CT molecular complexity index is 449. The van der Waals surface area contributed by atoms with Crippen LogP contribution in [0.15, 0.2) is 24.3 Å². The number of carbonyl (C=O) groups excluding carboxylic acids is 1. The van der Waals surface area contributed by atoms with Crippen LogP contribution in [0.3, 0.4) is 0 Å². The molecule has 1 aromatic rings. The minimum absolute atomic E-state index is 0.0413. The van der Waals surface area contributed by atoms with Crippen LogP contribution in [0.2, 0.25) is 5.02 Å². The van der Waals surface area contributed by atoms with E-state index in [9.17, 15) is 4.79 Å². The van der Waals surface area contributed by atoms with Gasteiger partial charge < -0.3 is 10.4 Å². The molecule has 0 atom stereocenters. The molecule has 1 amide bonds. The quantitative estimate of drug-likeness (QED) is 0.813. The Hall–Kier alpha value is -1.10. The molecule has 1 aliphatic carbocycles. The van der Waals surface area contributed by atoms with Crippen LogP contribution < -0.4 is 5.32 Å². The highest BCUT2D eigenvalue weighted by Crippen LogP contribution is 2.25. The molecule has 0 bridgehead atoms. The third-order valence-electron chi connectivity index (χ3n) is 3.75. The highest BCUT2D eigenvalue weighted by molar-refractivity contribution is 6.33. The van der Waals surface area contributed by atoms with Gasteiger partial charge in [-0.1, -0.05) is 30.2 Å². The maximum atomic E-state index is 11.9. The van der Waals surface area contributed by atoms with Crippen molar-refractivity contribution in [2.75, 3.05) is 25.0 Å². The fourth-order valence-electron chi connectivity index (χ4n) is 2.38. The van der Waals surface area contributed by atoms with Crippen LogP contribution in [0.5, 0.6) is 0 Å². The Morgan fingerprint density at radius 1 is 1.35 bits per heavy atom. The van der Waals surface area contributed by atoms with E-state index in [0.29, 0.717) is 36.3 Å². The fraction of sp³-hybridized carbons (Fsp3) is 0.533. The zero-order valence-electron chi connectivity index (χ0n) is 11.5. The van der Waals surface area contributed by atoms with E-state index in [-0.39, 0.29) is 12.5 Å². The Balaban J connectivity index is 1.80. The molecule has 0 unspecified atom stereocenters. The van der Waals surface area contributed by atoms with Crippen LogP contribution in [0.1, 0.15) is 25.7 Å². The SMILES string of the molecule is O=C(CCN(CCO)C1CCC1)Nc1ccccc1Cl. The lowest BCUT2D eigenvalue weighted by atomic mass is 9.91. The standard InChI is InChI=1S/C15H21ClN2O2/c16-13-6-1-2-7-14(13)17-15(20)8-9-18(10-11-19)12-4-3-5-12/h1-2,6-7,12,19H,3-5,8-11H2,(H,17,20). The largest absolute Gasteiger partial charge is 0.395 e. The number of carbonyl (C=O) groups is 1. The molecule has 1 aromatic carbocycles. The van der Waals surface area contributed by atoms with Gasteiger partial charge in [0.05, 0.1) is 17.3 Å². The van der Waals surface area contributed by atoms with Gasteiger partial charge in [-0.15, -0.1) is 0 Å². The number of amides is 1. The molecule has 4 nitrogen and oxygen atoms in total. The minimum atomic E-state index is -0.0413. The summed E-state index contributed by atoms with van der Waals surface area (Å²) in [4.78, 5) is 14.1. The van der Waals surface area contributed by atoms with E-state index in [1.54, 1.807) is 12.1 Å². The molecule has 1 fully saturated rings. The maximum absolute atomic E-state index is 11.9. The summed E-state index contributed by atoms with van der Waals surface area (Å²) in [5.74, 6) is -0.0413. The molecule has 0 heterocycles. The zero-order valence-corrected chi connectivity index (χ0v) is 12.3. The third-order valence-corrected chi connectivity index (χ3v) is 4.08. The van der Waals surface area contributed by atoms with E-state index in [4.69, 9.17) is 16.7 Å². The molecular formula is C15H21ClN2O2. The van der Waals surface area contributed by atoms with Gasteiger partial charge in [0, 0.05) is 25.6 Å². The summed E-state index contributed by atoms with van der Waals surface area (Å²) < 4.78 is 0. The van der Waals surface area contributed by atoms with Crippen molar-refractivity contribution in [1.29, 1.82) is 0 Å². The zero-order chi connectivity index (χ0) is 14.4. The fourth-order valence-corrected chi connectivity index (χ4v) is 2.56. The number of aliphatic hydroxyl groups is 1. The molecule has 0 aromatic heterocycles. The number of hydrogen-bond donors (Lipinski definition) is 2. The predicted octanol–water partition coefficient (Wildman–Crippen LogP) is 2.52. The van der Waals surface area contributed by atoms with Crippen molar-refractivity contribution in [1.82, 2.24) is 4.90 Å². The molecule has 0 radical (unpaired) electrons. The van der Waals surface area contributed by atoms with Crippen molar-refractivity contribution < 1.29 is 9.90 Å². The van der Waals surface area contributed by atoms with Crippen LogP contribution in [-0.2, 0) is 4.79 Å². The van der Waals surface area contributed by atoms with E-state index < -0.39 is 0 Å². The first-order valence-corrected chi connectivity index (χ1v) is 7.48. The van der Waals surface area contributed by atoms with E-state index in [1.807, 2.05) is 12.1 Å². The van der Waals surface area contributed by atoms with Crippen molar-refractivity contribution in [2.24, 2.45) is 0 Å². The van der Waals surface area contributed by atoms with Gasteiger partial charge in [-0.25, -0.2) is 0 Å². The van der Waals surface area contributed by atoms with Crippen molar-refractivity contribution in [3.63, 3.8) is 0 Å². The van der Waals surface area contributed by atoms with E-state index in [1.165, 1.54) is 19.3 Å². The summed E-state index contributed by atoms with van der Waals surface area (Å²) in [6.45, 7) is 1.47. The number of nitrogens with one attached hydrogen (secondary N) is 1. The molecule has 5 heteroatoms. The average molecular weight is 297 g/mol. The topological polar surface area (TPSA) is 52.6 Å². The van der Waals surface area contributed by atoms with Gasteiger partial charge in [0.1, 0.15) is 0 Å². The lowest BCUT2D eigenvalue weighted by molar-refractivity contribution is -0.116. The average Bonchev–Trinajstić information content (AvgIpc) is 2.37. The molecule has 0 spiro atoms. The Labute approximate surface area is 124 Å². The van der Waals surface area contributed by atoms with E-state index in [0.717, 1.165) is 0 Å². The monoisotopic (exact) mass is 296 g/mol. The predicted molar refractivity (Wildman–Crippen MR) is 81.0 cm³/mol.